The topological polar surface area (TPSA) is 76.6 Å². The van der Waals surface area contributed by atoms with E-state index >= 15 is 0 Å². The molecule has 198 valence electrons. The number of nitrogens with zero attached hydrogens (tertiary/aromatic N) is 3. The Bertz CT molecular complexity index is 1360. The fraction of sp³-hybridized carbons (Fsp3) is 0.452. The summed E-state index contributed by atoms with van der Waals surface area (Å²) in [6, 6.07) is 10.9. The second kappa shape index (κ2) is 10.6. The number of fused-ring (bicyclic) bond motifs is 4. The molecule has 6 rings (SSSR count). The zero-order chi connectivity index (χ0) is 26.1. The maximum Gasteiger partial charge on any atom is 0.246 e. The SMILES string of the molecule is C=CC(=O)N1C2CCCC(Oc3cc4c(Nc5cccc6c5CCC6)ncnc4cc3OC)CC1CCC2. The molecule has 3 atom stereocenters. The van der Waals surface area contributed by atoms with Crippen molar-refractivity contribution in [2.75, 3.05) is 12.4 Å². The number of carbonyl (C=O) groups is 1. The molecule has 2 saturated heterocycles. The van der Waals surface area contributed by atoms with Gasteiger partial charge in [-0.2, -0.15) is 0 Å². The summed E-state index contributed by atoms with van der Waals surface area (Å²) < 4.78 is 12.4. The van der Waals surface area contributed by atoms with Crippen molar-refractivity contribution >= 4 is 28.3 Å². The molecular weight excluding hydrogens is 476 g/mol. The monoisotopic (exact) mass is 512 g/mol. The van der Waals surface area contributed by atoms with E-state index in [1.54, 1.807) is 13.4 Å². The summed E-state index contributed by atoms with van der Waals surface area (Å²) in [5, 5.41) is 4.48. The highest BCUT2D eigenvalue weighted by atomic mass is 16.5. The molecule has 0 radical (unpaired) electrons. The lowest BCUT2D eigenvalue weighted by atomic mass is 9.85. The first-order chi connectivity index (χ1) is 18.6. The van der Waals surface area contributed by atoms with Crippen LogP contribution in [0.1, 0.15) is 62.5 Å². The number of rotatable bonds is 6. The van der Waals surface area contributed by atoms with Crippen LogP contribution in [-0.4, -0.2) is 46.1 Å². The van der Waals surface area contributed by atoms with E-state index in [-0.39, 0.29) is 18.1 Å². The summed E-state index contributed by atoms with van der Waals surface area (Å²) in [5.74, 6) is 2.16. The second-order valence-electron chi connectivity index (χ2n) is 10.8. The molecule has 2 fully saturated rings. The van der Waals surface area contributed by atoms with Crippen molar-refractivity contribution < 1.29 is 14.3 Å². The zero-order valence-electron chi connectivity index (χ0n) is 22.1. The Balaban J connectivity index is 1.30. The molecule has 1 amide bonds. The van der Waals surface area contributed by atoms with Crippen LogP contribution in [-0.2, 0) is 17.6 Å². The third-order valence-corrected chi connectivity index (χ3v) is 8.50. The molecule has 2 bridgehead atoms. The summed E-state index contributed by atoms with van der Waals surface area (Å²) in [6.07, 6.45) is 13.5. The van der Waals surface area contributed by atoms with Gasteiger partial charge in [0.25, 0.3) is 0 Å². The molecule has 3 heterocycles. The minimum atomic E-state index is -0.0102. The third kappa shape index (κ3) is 4.70. The third-order valence-electron chi connectivity index (χ3n) is 8.50. The van der Waals surface area contributed by atoms with Crippen LogP contribution in [0.3, 0.4) is 0 Å². The number of methoxy groups -OCH3 is 1. The average molecular weight is 513 g/mol. The molecule has 38 heavy (non-hydrogen) atoms. The van der Waals surface area contributed by atoms with E-state index in [9.17, 15) is 4.79 Å². The minimum absolute atomic E-state index is 0.0102. The number of amides is 1. The number of nitrogens with one attached hydrogen (secondary N) is 1. The quantitative estimate of drug-likeness (QED) is 0.401. The first kappa shape index (κ1) is 24.7. The highest BCUT2D eigenvalue weighted by molar-refractivity contribution is 5.93. The largest absolute Gasteiger partial charge is 0.493 e. The summed E-state index contributed by atoms with van der Waals surface area (Å²) >= 11 is 0. The Kier molecular flexibility index (Phi) is 6.92. The molecule has 0 spiro atoms. The van der Waals surface area contributed by atoms with Crippen molar-refractivity contribution in [3.63, 3.8) is 0 Å². The fourth-order valence-corrected chi connectivity index (χ4v) is 6.71. The van der Waals surface area contributed by atoms with Gasteiger partial charge in [-0.1, -0.05) is 18.7 Å². The van der Waals surface area contributed by atoms with Gasteiger partial charge in [-0.25, -0.2) is 9.97 Å². The summed E-state index contributed by atoms with van der Waals surface area (Å²) in [6.45, 7) is 3.76. The molecule has 7 heteroatoms. The highest BCUT2D eigenvalue weighted by Crippen LogP contribution is 2.39. The van der Waals surface area contributed by atoms with Gasteiger partial charge in [-0.05, 0) is 87.1 Å². The van der Waals surface area contributed by atoms with Gasteiger partial charge < -0.3 is 19.7 Å². The van der Waals surface area contributed by atoms with Crippen LogP contribution in [0.4, 0.5) is 11.5 Å². The number of benzene rings is 2. The standard InChI is InChI=1S/C31H36N4O3/c1-3-30(36)35-21-10-6-12-22(35)16-23(13-7-11-21)38-29-17-25-27(18-28(29)37-2)32-19-33-31(25)34-26-15-5-9-20-8-4-14-24(20)26/h3,5,9,15,17-19,21-23H,1,4,6-8,10-14,16H2,2H3,(H,32,33,34). The summed E-state index contributed by atoms with van der Waals surface area (Å²) in [7, 11) is 1.66. The minimum Gasteiger partial charge on any atom is -0.493 e. The van der Waals surface area contributed by atoms with Crippen LogP contribution in [0.5, 0.6) is 11.5 Å². The smallest absolute Gasteiger partial charge is 0.246 e. The summed E-state index contributed by atoms with van der Waals surface area (Å²) in [4.78, 5) is 23.9. The Hall–Kier alpha value is -3.61. The molecule has 3 aromatic rings. The van der Waals surface area contributed by atoms with E-state index in [0.717, 1.165) is 80.2 Å². The number of hydrogen-bond acceptors (Lipinski definition) is 6. The lowest BCUT2D eigenvalue weighted by Crippen LogP contribution is -2.52. The number of piperidine rings is 1. The predicted octanol–water partition coefficient (Wildman–Crippen LogP) is 6.13. The molecule has 1 N–H and O–H groups in total. The number of aromatic nitrogens is 2. The number of carbonyl (C=O) groups excluding carboxylic acids is 1. The predicted molar refractivity (Wildman–Crippen MR) is 149 cm³/mol. The van der Waals surface area contributed by atoms with Crippen LogP contribution < -0.4 is 14.8 Å². The Morgan fingerprint density at radius 1 is 1.05 bits per heavy atom. The lowest BCUT2D eigenvalue weighted by Gasteiger charge is -2.45. The van der Waals surface area contributed by atoms with Gasteiger partial charge in [-0.3, -0.25) is 4.79 Å². The fourth-order valence-electron chi connectivity index (χ4n) is 6.71. The Labute approximate surface area is 224 Å². The first-order valence-electron chi connectivity index (χ1n) is 14.0. The second-order valence-corrected chi connectivity index (χ2v) is 10.8. The van der Waals surface area contributed by atoms with Gasteiger partial charge >= 0.3 is 0 Å². The molecule has 7 nitrogen and oxygen atoms in total. The molecule has 2 aromatic carbocycles. The van der Waals surface area contributed by atoms with Crippen LogP contribution in [0.25, 0.3) is 10.9 Å². The Morgan fingerprint density at radius 3 is 2.74 bits per heavy atom. The van der Waals surface area contributed by atoms with Crippen molar-refractivity contribution in [3.8, 4) is 11.5 Å². The van der Waals surface area contributed by atoms with Gasteiger partial charge in [0.2, 0.25) is 5.91 Å². The highest BCUT2D eigenvalue weighted by Gasteiger charge is 2.36. The molecule has 2 aliphatic heterocycles. The number of aryl methyl sites for hydroxylation is 1. The number of anilines is 2. The Morgan fingerprint density at radius 2 is 1.89 bits per heavy atom. The molecular formula is C31H36N4O3. The van der Waals surface area contributed by atoms with Gasteiger partial charge in [0.15, 0.2) is 11.5 Å². The normalized spacial score (nSPS) is 22.8. The van der Waals surface area contributed by atoms with E-state index < -0.39 is 0 Å². The van der Waals surface area contributed by atoms with E-state index in [1.807, 2.05) is 12.1 Å². The van der Waals surface area contributed by atoms with Gasteiger partial charge in [0.05, 0.1) is 12.6 Å². The van der Waals surface area contributed by atoms with Crippen LogP contribution >= 0.6 is 0 Å². The maximum absolute atomic E-state index is 12.7. The van der Waals surface area contributed by atoms with Crippen molar-refractivity contribution in [2.45, 2.75) is 82.4 Å². The van der Waals surface area contributed by atoms with Crippen LogP contribution in [0, 0.1) is 0 Å². The van der Waals surface area contributed by atoms with E-state index in [2.05, 4.69) is 45.0 Å². The van der Waals surface area contributed by atoms with Crippen molar-refractivity contribution in [1.82, 2.24) is 14.9 Å². The van der Waals surface area contributed by atoms with E-state index in [4.69, 9.17) is 9.47 Å². The number of hydrogen-bond donors (Lipinski definition) is 1. The number of ether oxygens (including phenoxy) is 2. The van der Waals surface area contributed by atoms with Crippen molar-refractivity contribution in [2.24, 2.45) is 0 Å². The van der Waals surface area contributed by atoms with Gasteiger partial charge in [0, 0.05) is 35.6 Å². The molecule has 1 aromatic heterocycles. The van der Waals surface area contributed by atoms with E-state index in [0.29, 0.717) is 17.5 Å². The molecule has 3 unspecified atom stereocenters. The van der Waals surface area contributed by atoms with Crippen LogP contribution in [0.2, 0.25) is 0 Å². The maximum atomic E-state index is 12.7. The summed E-state index contributed by atoms with van der Waals surface area (Å²) in [5.41, 5.74) is 4.70. The van der Waals surface area contributed by atoms with Crippen molar-refractivity contribution in [3.05, 3.63) is 60.4 Å². The molecule has 3 aliphatic rings. The lowest BCUT2D eigenvalue weighted by molar-refractivity contribution is -0.134. The van der Waals surface area contributed by atoms with Gasteiger partial charge in [-0.15, -0.1) is 0 Å². The van der Waals surface area contributed by atoms with Gasteiger partial charge in [0.1, 0.15) is 18.2 Å². The van der Waals surface area contributed by atoms with Crippen LogP contribution in [0.15, 0.2) is 49.3 Å². The zero-order valence-corrected chi connectivity index (χ0v) is 22.1. The molecule has 1 aliphatic carbocycles. The first-order valence-corrected chi connectivity index (χ1v) is 14.0. The van der Waals surface area contributed by atoms with Crippen molar-refractivity contribution in [1.29, 1.82) is 0 Å². The van der Waals surface area contributed by atoms with E-state index in [1.165, 1.54) is 23.6 Å². The molecule has 0 saturated carbocycles. The average Bonchev–Trinajstić information content (AvgIpc) is 3.42.